The molecule has 2 aliphatic heterocycles. The maximum absolute atomic E-state index is 13.8. The zero-order valence-corrected chi connectivity index (χ0v) is 20.4. The molecule has 3 aromatic carbocycles. The summed E-state index contributed by atoms with van der Waals surface area (Å²) in [7, 11) is 0. The number of benzene rings is 3. The molecule has 0 spiro atoms. The van der Waals surface area contributed by atoms with E-state index in [4.69, 9.17) is 9.47 Å². The van der Waals surface area contributed by atoms with Crippen molar-refractivity contribution in [1.29, 1.82) is 0 Å². The van der Waals surface area contributed by atoms with Gasteiger partial charge in [0.05, 0.1) is 21.8 Å². The number of ether oxygens (including phenoxy) is 2. The molecule has 4 aromatic rings. The summed E-state index contributed by atoms with van der Waals surface area (Å²) in [6, 6.07) is 19.5. The molecular weight excluding hydrogens is 493 g/mol. The standard InChI is InChI=1S/C28H20FN3O4S/c1-16-24(26(33)31-20-5-3-2-4-6-20)25(18-8-10-19(29)11-9-18)32-27(34)23(37-28(32)30-16)14-17-7-12-21-22(13-17)36-15-35-21/h2-14,25H,15H2,1H3,(H,31,33)/b23-14+/t25-/m1/s1. The number of halogens is 1. The van der Waals surface area contributed by atoms with Crippen LogP contribution in [0.5, 0.6) is 11.5 Å². The summed E-state index contributed by atoms with van der Waals surface area (Å²) in [4.78, 5) is 32.3. The molecule has 2 aliphatic rings. The SMILES string of the molecule is CC1=C(C(=O)Nc2ccccc2)[C@@H](c2ccc(F)cc2)n2c(s/c(=C/c3ccc4c(c3)OCO4)c2=O)=N1. The smallest absolute Gasteiger partial charge is 0.271 e. The van der Waals surface area contributed by atoms with Crippen LogP contribution in [0.3, 0.4) is 0 Å². The second-order valence-electron chi connectivity index (χ2n) is 8.57. The predicted octanol–water partition coefficient (Wildman–Crippen LogP) is 3.74. The highest BCUT2D eigenvalue weighted by Crippen LogP contribution is 2.33. The van der Waals surface area contributed by atoms with E-state index in [1.54, 1.807) is 43.3 Å². The van der Waals surface area contributed by atoms with Gasteiger partial charge in [-0.15, -0.1) is 0 Å². The number of nitrogens with one attached hydrogen (secondary N) is 1. The Morgan fingerprint density at radius 3 is 2.62 bits per heavy atom. The first kappa shape index (κ1) is 22.9. The van der Waals surface area contributed by atoms with Gasteiger partial charge < -0.3 is 14.8 Å². The van der Waals surface area contributed by atoms with Crippen molar-refractivity contribution in [1.82, 2.24) is 4.57 Å². The second kappa shape index (κ2) is 9.18. The largest absolute Gasteiger partial charge is 0.454 e. The maximum atomic E-state index is 13.8. The maximum Gasteiger partial charge on any atom is 0.271 e. The molecule has 1 N–H and O–H groups in total. The van der Waals surface area contributed by atoms with Gasteiger partial charge in [-0.1, -0.05) is 47.7 Å². The van der Waals surface area contributed by atoms with Crippen molar-refractivity contribution in [3.8, 4) is 11.5 Å². The first-order valence-electron chi connectivity index (χ1n) is 11.5. The number of para-hydroxylation sites is 1. The van der Waals surface area contributed by atoms with Crippen LogP contribution in [0.25, 0.3) is 6.08 Å². The zero-order valence-electron chi connectivity index (χ0n) is 19.6. The van der Waals surface area contributed by atoms with Gasteiger partial charge in [0, 0.05) is 5.69 Å². The lowest BCUT2D eigenvalue weighted by Crippen LogP contribution is -2.40. The molecule has 0 aliphatic carbocycles. The lowest BCUT2D eigenvalue weighted by Gasteiger charge is -2.25. The number of hydrogen-bond acceptors (Lipinski definition) is 6. The minimum absolute atomic E-state index is 0.158. The molecule has 3 heterocycles. The van der Waals surface area contributed by atoms with E-state index < -0.39 is 11.9 Å². The number of thiazole rings is 1. The molecule has 7 nitrogen and oxygen atoms in total. The number of amides is 1. The van der Waals surface area contributed by atoms with Crippen molar-refractivity contribution < 1.29 is 18.7 Å². The quantitative estimate of drug-likeness (QED) is 0.451. The summed E-state index contributed by atoms with van der Waals surface area (Å²) < 4.78 is 26.6. The van der Waals surface area contributed by atoms with Crippen LogP contribution >= 0.6 is 11.3 Å². The summed E-state index contributed by atoms with van der Waals surface area (Å²) in [5.74, 6) is 0.475. The van der Waals surface area contributed by atoms with Crippen LogP contribution in [0.2, 0.25) is 0 Å². The summed E-state index contributed by atoms with van der Waals surface area (Å²) in [6.07, 6.45) is 1.76. The second-order valence-corrected chi connectivity index (χ2v) is 9.58. The number of hydrogen-bond donors (Lipinski definition) is 1. The first-order valence-corrected chi connectivity index (χ1v) is 12.3. The van der Waals surface area contributed by atoms with Gasteiger partial charge in [0.2, 0.25) is 6.79 Å². The van der Waals surface area contributed by atoms with Gasteiger partial charge >= 0.3 is 0 Å². The number of nitrogens with zero attached hydrogens (tertiary/aromatic N) is 2. The van der Waals surface area contributed by atoms with Crippen molar-refractivity contribution in [2.75, 3.05) is 12.1 Å². The first-order chi connectivity index (χ1) is 18.0. The lowest BCUT2D eigenvalue weighted by molar-refractivity contribution is -0.113. The Kier molecular flexibility index (Phi) is 5.69. The number of allylic oxidation sites excluding steroid dienone is 1. The van der Waals surface area contributed by atoms with Gasteiger partial charge in [0.1, 0.15) is 5.82 Å². The molecular formula is C28H20FN3O4S. The fourth-order valence-electron chi connectivity index (χ4n) is 4.45. The van der Waals surface area contributed by atoms with E-state index in [1.807, 2.05) is 30.3 Å². The summed E-state index contributed by atoms with van der Waals surface area (Å²) in [6.45, 7) is 1.90. The summed E-state index contributed by atoms with van der Waals surface area (Å²) in [5, 5.41) is 2.90. The Balaban J connectivity index is 1.49. The van der Waals surface area contributed by atoms with E-state index in [9.17, 15) is 14.0 Å². The minimum atomic E-state index is -0.778. The number of carbonyl (C=O) groups excluding carboxylic acids is 1. The Hall–Kier alpha value is -4.50. The number of carbonyl (C=O) groups is 1. The molecule has 0 saturated carbocycles. The highest BCUT2D eigenvalue weighted by Gasteiger charge is 2.32. The van der Waals surface area contributed by atoms with Crippen molar-refractivity contribution in [2.45, 2.75) is 13.0 Å². The number of rotatable bonds is 4. The van der Waals surface area contributed by atoms with Gasteiger partial charge in [-0.05, 0) is 60.5 Å². The molecule has 1 atom stereocenters. The molecule has 37 heavy (non-hydrogen) atoms. The lowest BCUT2D eigenvalue weighted by atomic mass is 9.95. The Morgan fingerprint density at radius 1 is 1.08 bits per heavy atom. The van der Waals surface area contributed by atoms with Gasteiger partial charge in [-0.2, -0.15) is 0 Å². The van der Waals surface area contributed by atoms with Crippen LogP contribution in [-0.2, 0) is 4.79 Å². The fourth-order valence-corrected chi connectivity index (χ4v) is 5.49. The van der Waals surface area contributed by atoms with E-state index >= 15 is 0 Å². The predicted molar refractivity (Wildman–Crippen MR) is 138 cm³/mol. The van der Waals surface area contributed by atoms with Crippen LogP contribution < -0.4 is 29.7 Å². The fraction of sp³-hybridized carbons (Fsp3) is 0.107. The molecule has 0 saturated heterocycles. The van der Waals surface area contributed by atoms with Gasteiger partial charge in [-0.25, -0.2) is 9.38 Å². The van der Waals surface area contributed by atoms with Gasteiger partial charge in [0.15, 0.2) is 16.3 Å². The van der Waals surface area contributed by atoms with Crippen LogP contribution in [0.15, 0.2) is 93.9 Å². The van der Waals surface area contributed by atoms with Crippen LogP contribution in [-0.4, -0.2) is 17.3 Å². The van der Waals surface area contributed by atoms with Gasteiger partial charge in [-0.3, -0.25) is 14.2 Å². The van der Waals surface area contributed by atoms with Crippen molar-refractivity contribution in [2.24, 2.45) is 4.99 Å². The van der Waals surface area contributed by atoms with E-state index in [0.717, 1.165) is 5.56 Å². The molecule has 0 bridgehead atoms. The average Bonchev–Trinajstić information content (AvgIpc) is 3.48. The van der Waals surface area contributed by atoms with Crippen LogP contribution in [0, 0.1) is 5.82 Å². The average molecular weight is 514 g/mol. The Bertz CT molecular complexity index is 1740. The number of anilines is 1. The Labute approximate surface area is 214 Å². The number of aromatic nitrogens is 1. The minimum Gasteiger partial charge on any atom is -0.454 e. The van der Waals surface area contributed by atoms with E-state index in [0.29, 0.717) is 43.4 Å². The molecule has 1 amide bonds. The molecule has 0 unspecified atom stereocenters. The third kappa shape index (κ3) is 4.23. The molecule has 6 rings (SSSR count). The highest BCUT2D eigenvalue weighted by atomic mass is 32.1. The molecule has 1 aromatic heterocycles. The summed E-state index contributed by atoms with van der Waals surface area (Å²) in [5.41, 5.74) is 2.49. The van der Waals surface area contributed by atoms with Gasteiger partial charge in [0.25, 0.3) is 11.5 Å². The van der Waals surface area contributed by atoms with Crippen molar-refractivity contribution >= 4 is 29.0 Å². The third-order valence-electron chi connectivity index (χ3n) is 6.18. The zero-order chi connectivity index (χ0) is 25.5. The third-order valence-corrected chi connectivity index (χ3v) is 7.16. The normalized spacial score (nSPS) is 16.4. The molecule has 9 heteroatoms. The molecule has 0 radical (unpaired) electrons. The Morgan fingerprint density at radius 2 is 1.84 bits per heavy atom. The van der Waals surface area contributed by atoms with Crippen molar-refractivity contribution in [3.63, 3.8) is 0 Å². The number of fused-ring (bicyclic) bond motifs is 2. The van der Waals surface area contributed by atoms with Crippen LogP contribution in [0.4, 0.5) is 10.1 Å². The van der Waals surface area contributed by atoms with Crippen molar-refractivity contribution in [3.05, 3.63) is 121 Å². The monoisotopic (exact) mass is 513 g/mol. The van der Waals surface area contributed by atoms with E-state index in [1.165, 1.54) is 28.0 Å². The topological polar surface area (TPSA) is 81.9 Å². The molecule has 184 valence electrons. The summed E-state index contributed by atoms with van der Waals surface area (Å²) >= 11 is 1.23. The van der Waals surface area contributed by atoms with Crippen LogP contribution in [0.1, 0.15) is 24.1 Å². The molecule has 0 fully saturated rings. The van der Waals surface area contributed by atoms with E-state index in [2.05, 4.69) is 10.3 Å². The highest BCUT2D eigenvalue weighted by molar-refractivity contribution is 7.07. The van der Waals surface area contributed by atoms with E-state index in [-0.39, 0.29) is 18.3 Å².